The van der Waals surface area contributed by atoms with E-state index in [1.54, 1.807) is 10.4 Å². The molecule has 2 atom stereocenters. The maximum Gasteiger partial charge on any atom is 0.243 e. The lowest BCUT2D eigenvalue weighted by Crippen LogP contribution is -2.55. The Kier molecular flexibility index (Phi) is 6.51. The molecule has 1 saturated carbocycles. The Morgan fingerprint density at radius 2 is 1.67 bits per heavy atom. The molecule has 2 aliphatic heterocycles. The molecule has 0 N–H and O–H groups in total. The van der Waals surface area contributed by atoms with Gasteiger partial charge in [0.2, 0.25) is 15.9 Å². The lowest BCUT2D eigenvalue weighted by molar-refractivity contribution is -0.139. The van der Waals surface area contributed by atoms with Gasteiger partial charge in [0, 0.05) is 38.8 Å². The van der Waals surface area contributed by atoms with E-state index >= 15 is 0 Å². The second-order valence-electron chi connectivity index (χ2n) is 9.29. The van der Waals surface area contributed by atoms with Crippen molar-refractivity contribution in [1.82, 2.24) is 14.1 Å². The third-order valence-corrected chi connectivity index (χ3v) is 9.26. The van der Waals surface area contributed by atoms with Crippen molar-refractivity contribution in [2.45, 2.75) is 63.3 Å². The number of nitrogens with zero attached hydrogens (tertiary/aromatic N) is 3. The number of likely N-dealkylation sites (tertiary alicyclic amines) is 1. The fraction of sp³-hybridized carbons (Fsp3) is 0.696. The molecule has 3 fully saturated rings. The van der Waals surface area contributed by atoms with Gasteiger partial charge in [0.05, 0.1) is 11.4 Å². The van der Waals surface area contributed by atoms with Crippen LogP contribution in [0.1, 0.15) is 49.7 Å². The van der Waals surface area contributed by atoms with Crippen LogP contribution in [0.2, 0.25) is 0 Å². The molecule has 0 unspecified atom stereocenters. The molecule has 2 saturated heterocycles. The maximum atomic E-state index is 13.1. The van der Waals surface area contributed by atoms with Crippen LogP contribution in [0.15, 0.2) is 23.1 Å². The summed E-state index contributed by atoms with van der Waals surface area (Å²) in [5, 5.41) is 0. The molecule has 0 spiro atoms. The molecule has 3 aliphatic rings. The normalized spacial score (nSPS) is 26.4. The number of sulfonamides is 1. The zero-order valence-electron chi connectivity index (χ0n) is 18.3. The number of rotatable bonds is 4. The Labute approximate surface area is 181 Å². The number of aryl methyl sites for hydroxylation is 2. The Bertz CT molecular complexity index is 876. The van der Waals surface area contributed by atoms with E-state index in [0.29, 0.717) is 49.6 Å². The van der Waals surface area contributed by atoms with Crippen molar-refractivity contribution in [3.63, 3.8) is 0 Å². The summed E-state index contributed by atoms with van der Waals surface area (Å²) >= 11 is 0. The number of hydrogen-bond donors (Lipinski definition) is 0. The van der Waals surface area contributed by atoms with Gasteiger partial charge in [-0.05, 0) is 62.6 Å². The van der Waals surface area contributed by atoms with Crippen LogP contribution in [0, 0.1) is 19.8 Å². The molecule has 0 radical (unpaired) electrons. The average Bonchev–Trinajstić information content (AvgIpc) is 2.75. The highest BCUT2D eigenvalue weighted by Gasteiger charge is 2.37. The number of carbonyl (C=O) groups excluding carboxylic acids is 1. The number of piperidine rings is 1. The van der Waals surface area contributed by atoms with Crippen LogP contribution in [0.5, 0.6) is 0 Å². The third-order valence-electron chi connectivity index (χ3n) is 7.22. The first kappa shape index (κ1) is 21.8. The molecule has 2 heterocycles. The van der Waals surface area contributed by atoms with Crippen LogP contribution in [0.4, 0.5) is 0 Å². The second-order valence-corrected chi connectivity index (χ2v) is 11.2. The highest BCUT2D eigenvalue weighted by atomic mass is 32.2. The molecule has 6 nitrogen and oxygen atoms in total. The molecule has 30 heavy (non-hydrogen) atoms. The van der Waals surface area contributed by atoms with E-state index in [4.69, 9.17) is 0 Å². The fourth-order valence-corrected chi connectivity index (χ4v) is 7.20. The van der Waals surface area contributed by atoms with Crippen LogP contribution < -0.4 is 0 Å². The molecule has 1 aromatic rings. The minimum absolute atomic E-state index is 0.234. The summed E-state index contributed by atoms with van der Waals surface area (Å²) in [5.74, 6) is 0.924. The largest absolute Gasteiger partial charge is 0.338 e. The van der Waals surface area contributed by atoms with Crippen LogP contribution in [0.25, 0.3) is 0 Å². The van der Waals surface area contributed by atoms with Gasteiger partial charge in [-0.3, -0.25) is 9.69 Å². The molecule has 166 valence electrons. The predicted molar refractivity (Wildman–Crippen MR) is 118 cm³/mol. The molecule has 4 rings (SSSR count). The van der Waals surface area contributed by atoms with Gasteiger partial charge in [0.1, 0.15) is 0 Å². The highest BCUT2D eigenvalue weighted by Crippen LogP contribution is 2.35. The maximum absolute atomic E-state index is 13.1. The number of carbonyl (C=O) groups is 1. The second kappa shape index (κ2) is 8.97. The molecule has 1 aliphatic carbocycles. The lowest BCUT2D eigenvalue weighted by atomic mass is 9.78. The van der Waals surface area contributed by atoms with E-state index < -0.39 is 10.0 Å². The number of hydrogen-bond acceptors (Lipinski definition) is 4. The summed E-state index contributed by atoms with van der Waals surface area (Å²) in [5.41, 5.74) is 1.73. The minimum Gasteiger partial charge on any atom is -0.338 e. The standard InChI is InChI=1S/C23H35N3O3S/c1-18-9-10-19(2)22(16-18)30(28,29)25-14-12-24(13-15-25)17-23(27)26-11-5-7-20-6-3-4-8-21(20)26/h9-10,16,20-21H,3-8,11-15,17H2,1-2H3/t20-,21-/m0/s1. The third kappa shape index (κ3) is 4.43. The molecular weight excluding hydrogens is 398 g/mol. The van der Waals surface area contributed by atoms with Crippen LogP contribution in [-0.2, 0) is 14.8 Å². The van der Waals surface area contributed by atoms with Gasteiger partial charge in [0.15, 0.2) is 0 Å². The van der Waals surface area contributed by atoms with Crippen molar-refractivity contribution >= 4 is 15.9 Å². The van der Waals surface area contributed by atoms with E-state index in [2.05, 4.69) is 9.80 Å². The Morgan fingerprint density at radius 3 is 2.43 bits per heavy atom. The summed E-state index contributed by atoms with van der Waals surface area (Å²) < 4.78 is 27.8. The summed E-state index contributed by atoms with van der Waals surface area (Å²) in [6, 6.07) is 6.01. The van der Waals surface area contributed by atoms with Crippen LogP contribution in [0.3, 0.4) is 0 Å². The number of fused-ring (bicyclic) bond motifs is 1. The molecular formula is C23H35N3O3S. The quantitative estimate of drug-likeness (QED) is 0.733. The zero-order chi connectivity index (χ0) is 21.3. The minimum atomic E-state index is -3.49. The first-order valence-electron chi connectivity index (χ1n) is 11.5. The van der Waals surface area contributed by atoms with Gasteiger partial charge >= 0.3 is 0 Å². The fourth-order valence-electron chi connectivity index (χ4n) is 5.47. The molecule has 1 aromatic carbocycles. The summed E-state index contributed by atoms with van der Waals surface area (Å²) in [7, 11) is -3.49. The van der Waals surface area contributed by atoms with Gasteiger partial charge in [-0.15, -0.1) is 0 Å². The molecule has 0 bridgehead atoms. The highest BCUT2D eigenvalue weighted by molar-refractivity contribution is 7.89. The first-order valence-corrected chi connectivity index (χ1v) is 12.9. The number of piperazine rings is 1. The van der Waals surface area contributed by atoms with E-state index in [-0.39, 0.29) is 5.91 Å². The van der Waals surface area contributed by atoms with Crippen molar-refractivity contribution in [1.29, 1.82) is 0 Å². The van der Waals surface area contributed by atoms with Crippen molar-refractivity contribution in [2.75, 3.05) is 39.3 Å². The van der Waals surface area contributed by atoms with E-state index in [1.165, 1.54) is 25.7 Å². The van der Waals surface area contributed by atoms with Gasteiger partial charge in [-0.1, -0.05) is 25.0 Å². The summed E-state index contributed by atoms with van der Waals surface area (Å²) in [4.78, 5) is 17.7. The van der Waals surface area contributed by atoms with Crippen molar-refractivity contribution < 1.29 is 13.2 Å². The van der Waals surface area contributed by atoms with Gasteiger partial charge in [-0.2, -0.15) is 4.31 Å². The van der Waals surface area contributed by atoms with Gasteiger partial charge in [-0.25, -0.2) is 8.42 Å². The Hall–Kier alpha value is -1.44. The van der Waals surface area contributed by atoms with E-state index in [0.717, 1.165) is 30.5 Å². The van der Waals surface area contributed by atoms with E-state index in [1.807, 2.05) is 26.0 Å². The van der Waals surface area contributed by atoms with Crippen LogP contribution in [-0.4, -0.2) is 73.7 Å². The SMILES string of the molecule is Cc1ccc(C)c(S(=O)(=O)N2CCN(CC(=O)N3CCC[C@@H]4CCCC[C@@H]43)CC2)c1. The van der Waals surface area contributed by atoms with Crippen LogP contribution >= 0.6 is 0 Å². The topological polar surface area (TPSA) is 60.9 Å². The molecule has 0 aromatic heterocycles. The lowest BCUT2D eigenvalue weighted by Gasteiger charge is -2.45. The Balaban J connectivity index is 1.35. The summed E-state index contributed by atoms with van der Waals surface area (Å²) in [6.07, 6.45) is 7.35. The zero-order valence-corrected chi connectivity index (χ0v) is 19.2. The number of benzene rings is 1. The predicted octanol–water partition coefficient (Wildman–Crippen LogP) is 2.79. The smallest absolute Gasteiger partial charge is 0.243 e. The number of amides is 1. The van der Waals surface area contributed by atoms with Crippen molar-refractivity contribution in [2.24, 2.45) is 5.92 Å². The molecule has 1 amide bonds. The van der Waals surface area contributed by atoms with Crippen molar-refractivity contribution in [3.8, 4) is 0 Å². The summed E-state index contributed by atoms with van der Waals surface area (Å²) in [6.45, 7) is 7.17. The van der Waals surface area contributed by atoms with E-state index in [9.17, 15) is 13.2 Å². The monoisotopic (exact) mass is 433 g/mol. The average molecular weight is 434 g/mol. The Morgan fingerprint density at radius 1 is 0.967 bits per heavy atom. The first-order chi connectivity index (χ1) is 14.4. The molecule has 7 heteroatoms. The van der Waals surface area contributed by atoms with Gasteiger partial charge in [0.25, 0.3) is 0 Å². The van der Waals surface area contributed by atoms with Gasteiger partial charge < -0.3 is 4.90 Å². The van der Waals surface area contributed by atoms with Crippen molar-refractivity contribution in [3.05, 3.63) is 29.3 Å².